The van der Waals surface area contributed by atoms with Crippen LogP contribution in [0.15, 0.2) is 24.3 Å². The molecule has 1 atom stereocenters. The van der Waals surface area contributed by atoms with Crippen LogP contribution in [0, 0.1) is 6.92 Å². The first kappa shape index (κ1) is 20.7. The number of rotatable bonds is 4. The van der Waals surface area contributed by atoms with E-state index in [1.807, 2.05) is 52.0 Å². The lowest BCUT2D eigenvalue weighted by Gasteiger charge is -2.37. The van der Waals surface area contributed by atoms with Gasteiger partial charge in [0.1, 0.15) is 5.60 Å². The fraction of sp³-hybridized carbons (Fsp3) is 0.632. The highest BCUT2D eigenvalue weighted by Gasteiger charge is 2.33. The molecule has 0 aliphatic carbocycles. The van der Waals surface area contributed by atoms with Crippen molar-refractivity contribution in [3.8, 4) is 0 Å². The number of piperidine rings is 1. The Morgan fingerprint density at radius 2 is 1.88 bits per heavy atom. The lowest BCUT2D eigenvalue weighted by atomic mass is 10.1. The number of aryl methyl sites for hydroxylation is 1. The average Bonchev–Trinajstić information content (AvgIpc) is 2.54. The maximum atomic E-state index is 12.8. The maximum absolute atomic E-state index is 12.8. The van der Waals surface area contributed by atoms with E-state index in [9.17, 15) is 13.2 Å². The highest BCUT2D eigenvalue weighted by Crippen LogP contribution is 2.22. The zero-order chi connectivity index (χ0) is 19.5. The van der Waals surface area contributed by atoms with Gasteiger partial charge in [-0.3, -0.25) is 0 Å². The molecule has 0 spiro atoms. The number of carbonyl (C=O) groups excluding carboxylic acids is 1. The van der Waals surface area contributed by atoms with E-state index in [4.69, 9.17) is 4.74 Å². The van der Waals surface area contributed by atoms with Gasteiger partial charge in [-0.15, -0.1) is 0 Å². The molecule has 0 aromatic heterocycles. The lowest BCUT2D eigenvalue weighted by Crippen LogP contribution is -2.51. The number of likely N-dealkylation sites (N-methyl/N-ethyl adjacent to an activating group) is 1. The van der Waals surface area contributed by atoms with E-state index in [1.165, 1.54) is 9.21 Å². The molecule has 2 rings (SSSR count). The molecule has 1 aromatic rings. The maximum Gasteiger partial charge on any atom is 0.410 e. The standard InChI is InChI=1S/C19H30N2O4S/c1-15-8-10-16(11-9-15)14-26(23,24)21-12-6-7-17(13-21)20(5)18(22)25-19(2,3)4/h8-11,17H,6-7,12-14H2,1-5H3. The van der Waals surface area contributed by atoms with Crippen LogP contribution >= 0.6 is 0 Å². The summed E-state index contributed by atoms with van der Waals surface area (Å²) in [6.45, 7) is 8.23. The zero-order valence-corrected chi connectivity index (χ0v) is 17.2. The quantitative estimate of drug-likeness (QED) is 0.802. The van der Waals surface area contributed by atoms with Crippen LogP contribution in [0.1, 0.15) is 44.7 Å². The Hall–Kier alpha value is -1.60. The molecule has 0 N–H and O–H groups in total. The Kier molecular flexibility index (Phi) is 6.34. The van der Waals surface area contributed by atoms with Crippen molar-refractivity contribution in [3.63, 3.8) is 0 Å². The number of nitrogens with zero attached hydrogens (tertiary/aromatic N) is 2. The van der Waals surface area contributed by atoms with E-state index in [0.717, 1.165) is 24.0 Å². The van der Waals surface area contributed by atoms with Gasteiger partial charge in [0.25, 0.3) is 0 Å². The van der Waals surface area contributed by atoms with Gasteiger partial charge in [-0.25, -0.2) is 13.2 Å². The van der Waals surface area contributed by atoms with Crippen LogP contribution < -0.4 is 0 Å². The fourth-order valence-corrected chi connectivity index (χ4v) is 4.56. The third-order valence-corrected chi connectivity index (χ3v) is 6.27. The fourth-order valence-electron chi connectivity index (χ4n) is 2.96. The minimum atomic E-state index is -3.42. The van der Waals surface area contributed by atoms with Gasteiger partial charge in [0.05, 0.1) is 5.75 Å². The Balaban J connectivity index is 2.04. The van der Waals surface area contributed by atoms with Crippen LogP contribution in [0.25, 0.3) is 0 Å². The van der Waals surface area contributed by atoms with Gasteiger partial charge < -0.3 is 9.64 Å². The number of amides is 1. The second-order valence-corrected chi connectivity index (χ2v) is 9.96. The topological polar surface area (TPSA) is 66.9 Å². The minimum Gasteiger partial charge on any atom is -0.444 e. The van der Waals surface area contributed by atoms with E-state index < -0.39 is 21.7 Å². The minimum absolute atomic E-state index is 0.0177. The molecule has 1 saturated heterocycles. The van der Waals surface area contributed by atoms with Gasteiger partial charge in [-0.05, 0) is 46.1 Å². The zero-order valence-electron chi connectivity index (χ0n) is 16.4. The normalized spacial score (nSPS) is 19.2. The lowest BCUT2D eigenvalue weighted by molar-refractivity contribution is 0.0173. The van der Waals surface area contributed by atoms with Gasteiger partial charge >= 0.3 is 6.09 Å². The van der Waals surface area contributed by atoms with Crippen LogP contribution in [0.4, 0.5) is 4.79 Å². The summed E-state index contributed by atoms with van der Waals surface area (Å²) in [5.41, 5.74) is 1.30. The molecule has 0 bridgehead atoms. The summed E-state index contributed by atoms with van der Waals surface area (Å²) >= 11 is 0. The highest BCUT2D eigenvalue weighted by atomic mass is 32.2. The Bertz CT molecular complexity index is 723. The second kappa shape index (κ2) is 7.96. The molecule has 1 aliphatic rings. The van der Waals surface area contributed by atoms with Crippen LogP contribution in [0.2, 0.25) is 0 Å². The Morgan fingerprint density at radius 3 is 2.46 bits per heavy atom. The Morgan fingerprint density at radius 1 is 1.27 bits per heavy atom. The third kappa shape index (κ3) is 5.71. The molecule has 1 fully saturated rings. The molecule has 7 heteroatoms. The van der Waals surface area contributed by atoms with Crippen LogP contribution in [0.3, 0.4) is 0 Å². The van der Waals surface area contributed by atoms with Crippen LogP contribution in [0.5, 0.6) is 0 Å². The molecule has 1 aliphatic heterocycles. The van der Waals surface area contributed by atoms with Gasteiger partial charge in [-0.2, -0.15) is 4.31 Å². The molecule has 1 unspecified atom stereocenters. The molecule has 6 nitrogen and oxygen atoms in total. The van der Waals surface area contributed by atoms with Crippen molar-refractivity contribution in [2.45, 2.75) is 57.9 Å². The van der Waals surface area contributed by atoms with Crippen molar-refractivity contribution in [1.29, 1.82) is 0 Å². The molecule has 1 amide bonds. The van der Waals surface area contributed by atoms with Gasteiger partial charge in [0.2, 0.25) is 10.0 Å². The van der Waals surface area contributed by atoms with Gasteiger partial charge in [0.15, 0.2) is 0 Å². The van der Waals surface area contributed by atoms with Gasteiger partial charge in [0, 0.05) is 26.2 Å². The van der Waals surface area contributed by atoms with Crippen molar-refractivity contribution < 1.29 is 17.9 Å². The summed E-state index contributed by atoms with van der Waals surface area (Å²) < 4.78 is 32.5. The van der Waals surface area contributed by atoms with Crippen molar-refractivity contribution in [2.24, 2.45) is 0 Å². The first-order valence-corrected chi connectivity index (χ1v) is 10.6. The first-order valence-electron chi connectivity index (χ1n) is 8.97. The van der Waals surface area contributed by atoms with E-state index in [-0.39, 0.29) is 11.8 Å². The first-order chi connectivity index (χ1) is 12.0. The molecular formula is C19H30N2O4S. The van der Waals surface area contributed by atoms with Crippen LogP contribution in [-0.2, 0) is 20.5 Å². The van der Waals surface area contributed by atoms with E-state index >= 15 is 0 Å². The number of sulfonamides is 1. The molecule has 26 heavy (non-hydrogen) atoms. The average molecular weight is 383 g/mol. The van der Waals surface area contributed by atoms with Crippen molar-refractivity contribution in [2.75, 3.05) is 20.1 Å². The number of ether oxygens (including phenoxy) is 1. The smallest absolute Gasteiger partial charge is 0.410 e. The van der Waals surface area contributed by atoms with E-state index in [0.29, 0.717) is 13.1 Å². The van der Waals surface area contributed by atoms with Crippen molar-refractivity contribution >= 4 is 16.1 Å². The summed E-state index contributed by atoms with van der Waals surface area (Å²) in [5.74, 6) is -0.0177. The van der Waals surface area contributed by atoms with E-state index in [1.54, 1.807) is 7.05 Å². The van der Waals surface area contributed by atoms with Crippen molar-refractivity contribution in [3.05, 3.63) is 35.4 Å². The number of benzene rings is 1. The molecule has 1 aromatic carbocycles. The summed E-state index contributed by atoms with van der Waals surface area (Å²) in [5, 5.41) is 0. The second-order valence-electron chi connectivity index (χ2n) is 7.99. The SMILES string of the molecule is Cc1ccc(CS(=O)(=O)N2CCCC(N(C)C(=O)OC(C)(C)C)C2)cc1. The largest absolute Gasteiger partial charge is 0.444 e. The third-order valence-electron chi connectivity index (χ3n) is 4.45. The molecule has 146 valence electrons. The number of hydrogen-bond donors (Lipinski definition) is 0. The van der Waals surface area contributed by atoms with Crippen LogP contribution in [-0.4, -0.2) is 55.5 Å². The highest BCUT2D eigenvalue weighted by molar-refractivity contribution is 7.88. The summed E-state index contributed by atoms with van der Waals surface area (Å²) in [7, 11) is -1.75. The molecule has 1 heterocycles. The summed E-state index contributed by atoms with van der Waals surface area (Å²) in [6.07, 6.45) is 1.08. The predicted octanol–water partition coefficient (Wildman–Crippen LogP) is 3.16. The van der Waals surface area contributed by atoms with Gasteiger partial charge in [-0.1, -0.05) is 29.8 Å². The molecular weight excluding hydrogens is 352 g/mol. The Labute approximate surface area is 157 Å². The molecule has 0 radical (unpaired) electrons. The predicted molar refractivity (Wildman–Crippen MR) is 102 cm³/mol. The number of carbonyl (C=O) groups is 1. The van der Waals surface area contributed by atoms with E-state index in [2.05, 4.69) is 0 Å². The monoisotopic (exact) mass is 382 g/mol. The number of hydrogen-bond acceptors (Lipinski definition) is 4. The molecule has 0 saturated carbocycles. The van der Waals surface area contributed by atoms with Crippen molar-refractivity contribution in [1.82, 2.24) is 9.21 Å². The summed E-state index contributed by atoms with van der Waals surface area (Å²) in [4.78, 5) is 13.8. The summed E-state index contributed by atoms with van der Waals surface area (Å²) in [6, 6.07) is 7.36.